The molecule has 0 aliphatic carbocycles. The summed E-state index contributed by atoms with van der Waals surface area (Å²) in [7, 11) is 1.68. The quantitative estimate of drug-likeness (QED) is 0.827. The molecule has 0 radical (unpaired) electrons. The minimum Gasteiger partial charge on any atom is -0.497 e. The molecule has 156 valence electrons. The zero-order valence-electron chi connectivity index (χ0n) is 16.9. The van der Waals surface area contributed by atoms with E-state index in [1.54, 1.807) is 25.3 Å². The van der Waals surface area contributed by atoms with Crippen LogP contribution in [0.4, 0.5) is 5.69 Å². The standard InChI is InChI=1S/C23H24N2O5/c1-28-17-3-4-18-15(12-17)6-11-30-23(18)7-9-25(10-8-23)22(27)16-2-5-19-20(13-16)29-14-21(26)24-19/h2-5,12-13H,6-11,14H2,1H3,(H,24,26). The summed E-state index contributed by atoms with van der Waals surface area (Å²) in [4.78, 5) is 26.4. The number of carbonyl (C=O) groups is 2. The van der Waals surface area contributed by atoms with Gasteiger partial charge >= 0.3 is 0 Å². The van der Waals surface area contributed by atoms with Gasteiger partial charge in [0.2, 0.25) is 0 Å². The van der Waals surface area contributed by atoms with Crippen LogP contribution in [0.1, 0.15) is 34.3 Å². The third-order valence-electron chi connectivity index (χ3n) is 6.27. The second-order valence-corrected chi connectivity index (χ2v) is 7.96. The summed E-state index contributed by atoms with van der Waals surface area (Å²) in [6, 6.07) is 11.4. The molecule has 3 heterocycles. The van der Waals surface area contributed by atoms with Gasteiger partial charge in [-0.15, -0.1) is 0 Å². The number of benzene rings is 2. The number of hydrogen-bond donors (Lipinski definition) is 1. The number of rotatable bonds is 2. The fourth-order valence-corrected chi connectivity index (χ4v) is 4.66. The van der Waals surface area contributed by atoms with Gasteiger partial charge in [0.05, 0.1) is 25.0 Å². The molecule has 2 amide bonds. The van der Waals surface area contributed by atoms with Crippen molar-refractivity contribution in [3.05, 3.63) is 53.1 Å². The predicted molar refractivity (Wildman–Crippen MR) is 110 cm³/mol. The van der Waals surface area contributed by atoms with E-state index in [4.69, 9.17) is 14.2 Å². The van der Waals surface area contributed by atoms with Crippen LogP contribution in [-0.2, 0) is 21.6 Å². The molecule has 0 unspecified atom stereocenters. The summed E-state index contributed by atoms with van der Waals surface area (Å²) in [5.74, 6) is 1.18. The maximum atomic E-state index is 13.1. The number of fused-ring (bicyclic) bond motifs is 3. The largest absolute Gasteiger partial charge is 0.497 e. The molecule has 3 aliphatic heterocycles. The van der Waals surface area contributed by atoms with Gasteiger partial charge in [0.1, 0.15) is 11.5 Å². The Morgan fingerprint density at radius 1 is 1.17 bits per heavy atom. The molecule has 1 spiro atoms. The molecule has 7 nitrogen and oxygen atoms in total. The zero-order valence-corrected chi connectivity index (χ0v) is 16.9. The molecule has 1 N–H and O–H groups in total. The molecule has 3 aliphatic rings. The van der Waals surface area contributed by atoms with E-state index in [1.807, 2.05) is 11.0 Å². The molecule has 2 aromatic rings. The lowest BCUT2D eigenvalue weighted by atomic mass is 9.79. The molecule has 30 heavy (non-hydrogen) atoms. The second-order valence-electron chi connectivity index (χ2n) is 7.96. The highest BCUT2D eigenvalue weighted by Crippen LogP contribution is 2.42. The lowest BCUT2D eigenvalue weighted by molar-refractivity contribution is -0.118. The number of ether oxygens (including phenoxy) is 3. The summed E-state index contributed by atoms with van der Waals surface area (Å²) in [5.41, 5.74) is 3.33. The van der Waals surface area contributed by atoms with Crippen molar-refractivity contribution in [3.8, 4) is 11.5 Å². The molecular formula is C23H24N2O5. The Labute approximate surface area is 174 Å². The number of hydrogen-bond acceptors (Lipinski definition) is 5. The lowest BCUT2D eigenvalue weighted by Crippen LogP contribution is -2.48. The molecule has 5 rings (SSSR count). The molecule has 0 saturated carbocycles. The van der Waals surface area contributed by atoms with Gasteiger partial charge in [-0.1, -0.05) is 6.07 Å². The number of piperidine rings is 1. The van der Waals surface area contributed by atoms with Gasteiger partial charge in [0, 0.05) is 18.7 Å². The number of anilines is 1. The van der Waals surface area contributed by atoms with Crippen molar-refractivity contribution in [2.75, 3.05) is 38.7 Å². The van der Waals surface area contributed by atoms with E-state index in [0.29, 0.717) is 36.7 Å². The number of carbonyl (C=O) groups excluding carboxylic acids is 2. The second kappa shape index (κ2) is 7.32. The minimum absolute atomic E-state index is 0.0288. The van der Waals surface area contributed by atoms with Gasteiger partial charge < -0.3 is 24.4 Å². The van der Waals surface area contributed by atoms with Crippen LogP contribution in [0.15, 0.2) is 36.4 Å². The van der Waals surface area contributed by atoms with Crippen LogP contribution in [0.5, 0.6) is 11.5 Å². The van der Waals surface area contributed by atoms with Crippen LogP contribution in [0.3, 0.4) is 0 Å². The fourth-order valence-electron chi connectivity index (χ4n) is 4.66. The van der Waals surface area contributed by atoms with Crippen LogP contribution in [-0.4, -0.2) is 50.1 Å². The first-order valence-corrected chi connectivity index (χ1v) is 10.3. The van der Waals surface area contributed by atoms with Crippen LogP contribution >= 0.6 is 0 Å². The molecule has 0 bridgehead atoms. The number of methoxy groups -OCH3 is 1. The van der Waals surface area contributed by atoms with Crippen molar-refractivity contribution in [2.45, 2.75) is 24.9 Å². The molecule has 0 atom stereocenters. The first-order valence-electron chi connectivity index (χ1n) is 10.3. The van der Waals surface area contributed by atoms with E-state index < -0.39 is 0 Å². The average Bonchev–Trinajstić information content (AvgIpc) is 2.78. The average molecular weight is 408 g/mol. The molecule has 0 aromatic heterocycles. The monoisotopic (exact) mass is 408 g/mol. The van der Waals surface area contributed by atoms with Crippen LogP contribution in [0, 0.1) is 0 Å². The summed E-state index contributed by atoms with van der Waals surface area (Å²) in [5, 5.41) is 2.75. The first kappa shape index (κ1) is 18.9. The van der Waals surface area contributed by atoms with Crippen molar-refractivity contribution in [3.63, 3.8) is 0 Å². The normalized spacial score (nSPS) is 19.4. The van der Waals surface area contributed by atoms with E-state index in [0.717, 1.165) is 25.0 Å². The first-order chi connectivity index (χ1) is 14.6. The summed E-state index contributed by atoms with van der Waals surface area (Å²) >= 11 is 0. The molecule has 7 heteroatoms. The summed E-state index contributed by atoms with van der Waals surface area (Å²) < 4.78 is 17.1. The van der Waals surface area contributed by atoms with Crippen LogP contribution < -0.4 is 14.8 Å². The third-order valence-corrected chi connectivity index (χ3v) is 6.27. The summed E-state index contributed by atoms with van der Waals surface area (Å²) in [6.45, 7) is 1.90. The van der Waals surface area contributed by atoms with Gasteiger partial charge in [-0.05, 0) is 60.7 Å². The Hall–Kier alpha value is -3.06. The van der Waals surface area contributed by atoms with Crippen molar-refractivity contribution in [1.82, 2.24) is 4.90 Å². The van der Waals surface area contributed by atoms with Crippen molar-refractivity contribution in [1.29, 1.82) is 0 Å². The number of amides is 2. The van der Waals surface area contributed by atoms with Gasteiger partial charge in [0.25, 0.3) is 11.8 Å². The van der Waals surface area contributed by atoms with Crippen molar-refractivity contribution in [2.24, 2.45) is 0 Å². The number of nitrogens with one attached hydrogen (secondary N) is 1. The zero-order chi connectivity index (χ0) is 20.7. The maximum Gasteiger partial charge on any atom is 0.262 e. The maximum absolute atomic E-state index is 13.1. The van der Waals surface area contributed by atoms with Crippen molar-refractivity contribution >= 4 is 17.5 Å². The molecule has 1 fully saturated rings. The van der Waals surface area contributed by atoms with Gasteiger partial charge in [0.15, 0.2) is 6.61 Å². The minimum atomic E-state index is -0.333. The highest BCUT2D eigenvalue weighted by Gasteiger charge is 2.42. The number of likely N-dealkylation sites (tertiary alicyclic amines) is 1. The summed E-state index contributed by atoms with van der Waals surface area (Å²) in [6.07, 6.45) is 2.40. The molecular weight excluding hydrogens is 384 g/mol. The van der Waals surface area contributed by atoms with Crippen LogP contribution in [0.25, 0.3) is 0 Å². The van der Waals surface area contributed by atoms with Crippen LogP contribution in [0.2, 0.25) is 0 Å². The Balaban J connectivity index is 1.32. The van der Waals surface area contributed by atoms with Crippen molar-refractivity contribution < 1.29 is 23.8 Å². The molecule has 2 aromatic carbocycles. The third kappa shape index (κ3) is 3.19. The van der Waals surface area contributed by atoms with Gasteiger partial charge in [-0.2, -0.15) is 0 Å². The molecule has 1 saturated heterocycles. The highest BCUT2D eigenvalue weighted by atomic mass is 16.5. The SMILES string of the molecule is COc1ccc2c(c1)CCOC21CCN(C(=O)c2ccc3c(c2)OCC(=O)N3)CC1. The van der Waals surface area contributed by atoms with E-state index in [1.165, 1.54) is 11.1 Å². The topological polar surface area (TPSA) is 77.1 Å². The number of nitrogens with zero attached hydrogens (tertiary/aromatic N) is 1. The van der Waals surface area contributed by atoms with E-state index in [2.05, 4.69) is 17.4 Å². The Bertz CT molecular complexity index is 1010. The Morgan fingerprint density at radius 3 is 2.80 bits per heavy atom. The fraction of sp³-hybridized carbons (Fsp3) is 0.391. The highest BCUT2D eigenvalue weighted by molar-refractivity contribution is 5.99. The predicted octanol–water partition coefficient (Wildman–Crippen LogP) is 2.73. The van der Waals surface area contributed by atoms with E-state index in [-0.39, 0.29) is 24.0 Å². The van der Waals surface area contributed by atoms with E-state index >= 15 is 0 Å². The van der Waals surface area contributed by atoms with E-state index in [9.17, 15) is 9.59 Å². The lowest BCUT2D eigenvalue weighted by Gasteiger charge is -2.45. The smallest absolute Gasteiger partial charge is 0.262 e. The Kier molecular flexibility index (Phi) is 4.62. The van der Waals surface area contributed by atoms with Gasteiger partial charge in [-0.25, -0.2) is 0 Å². The van der Waals surface area contributed by atoms with Gasteiger partial charge in [-0.3, -0.25) is 9.59 Å². The Morgan fingerprint density at radius 2 is 2.00 bits per heavy atom.